The summed E-state index contributed by atoms with van der Waals surface area (Å²) in [6.07, 6.45) is 2.33. The van der Waals surface area contributed by atoms with Crippen LogP contribution in [0.5, 0.6) is 0 Å². The Kier molecular flexibility index (Phi) is 6.23. The third-order valence-corrected chi connectivity index (χ3v) is 2.39. The average Bonchev–Trinajstić information content (AvgIpc) is 1.68. The van der Waals surface area contributed by atoms with Crippen LogP contribution in [0.2, 0.25) is 0 Å². The Morgan fingerprint density at radius 1 is 1.50 bits per heavy atom. The van der Waals surface area contributed by atoms with Crippen LogP contribution < -0.4 is 0 Å². The smallest absolute Gasteiger partial charge is 0.0788 e. The molecule has 0 N–H and O–H groups in total. The molecule has 0 aliphatic carbocycles. The van der Waals surface area contributed by atoms with Crippen molar-refractivity contribution >= 4 is 23.4 Å². The summed E-state index contributed by atoms with van der Waals surface area (Å²) >= 11 is 7.67. The highest BCUT2D eigenvalue weighted by molar-refractivity contribution is 8.01. The van der Waals surface area contributed by atoms with Crippen LogP contribution >= 0.6 is 23.4 Å². The lowest BCUT2D eigenvalue weighted by Crippen LogP contribution is -1.89. The van der Waals surface area contributed by atoms with Crippen molar-refractivity contribution in [2.24, 2.45) is 0 Å². The molecule has 0 amide bonds. The van der Waals surface area contributed by atoms with E-state index in [1.807, 2.05) is 11.8 Å². The second-order valence-electron chi connectivity index (χ2n) is 1.65. The molecule has 8 heavy (non-hydrogen) atoms. The van der Waals surface area contributed by atoms with E-state index >= 15 is 0 Å². The summed E-state index contributed by atoms with van der Waals surface area (Å²) in [6, 6.07) is 0. The topological polar surface area (TPSA) is 0 Å². The van der Waals surface area contributed by atoms with E-state index in [-0.39, 0.29) is 0 Å². The molecule has 1 unspecified atom stereocenters. The SMILES string of the molecule is CCCC(Cl)SCC. The van der Waals surface area contributed by atoms with E-state index in [1.165, 1.54) is 6.42 Å². The number of hydrogen-bond acceptors (Lipinski definition) is 1. The van der Waals surface area contributed by atoms with Gasteiger partial charge in [0, 0.05) is 0 Å². The molecule has 0 nitrogen and oxygen atoms in total. The highest BCUT2D eigenvalue weighted by Crippen LogP contribution is 2.18. The molecule has 0 aromatic rings. The molecule has 2 heteroatoms. The third-order valence-electron chi connectivity index (χ3n) is 0.863. The maximum atomic E-state index is 5.84. The van der Waals surface area contributed by atoms with Crippen molar-refractivity contribution in [2.75, 3.05) is 5.75 Å². The molecule has 0 heterocycles. The van der Waals surface area contributed by atoms with Gasteiger partial charge in [-0.05, 0) is 12.2 Å². The standard InChI is InChI=1S/C6H13ClS/c1-3-5-6(7)8-4-2/h6H,3-5H2,1-2H3. The van der Waals surface area contributed by atoms with E-state index in [1.54, 1.807) is 0 Å². The molecule has 0 aromatic carbocycles. The quantitative estimate of drug-likeness (QED) is 0.558. The molecule has 0 aliphatic rings. The zero-order valence-corrected chi connectivity index (χ0v) is 7.06. The molecular weight excluding hydrogens is 140 g/mol. The fourth-order valence-corrected chi connectivity index (χ4v) is 1.85. The van der Waals surface area contributed by atoms with Gasteiger partial charge in [0.25, 0.3) is 0 Å². The van der Waals surface area contributed by atoms with Crippen LogP contribution in [0.25, 0.3) is 0 Å². The molecule has 50 valence electrons. The fraction of sp³-hybridized carbons (Fsp3) is 1.00. The Hall–Kier alpha value is 0.640. The lowest BCUT2D eigenvalue weighted by Gasteiger charge is -2.02. The number of thioether (sulfide) groups is 1. The van der Waals surface area contributed by atoms with Crippen LogP contribution in [0.15, 0.2) is 0 Å². The summed E-state index contributed by atoms with van der Waals surface area (Å²) in [7, 11) is 0. The fourth-order valence-electron chi connectivity index (χ4n) is 0.491. The second-order valence-corrected chi connectivity index (χ2v) is 3.92. The average molecular weight is 153 g/mol. The predicted octanol–water partition coefficient (Wildman–Crippen LogP) is 3.10. The van der Waals surface area contributed by atoms with Crippen molar-refractivity contribution in [1.82, 2.24) is 0 Å². The Labute approximate surface area is 61.0 Å². The first-order valence-corrected chi connectivity index (χ1v) is 4.55. The maximum Gasteiger partial charge on any atom is 0.0788 e. The van der Waals surface area contributed by atoms with Crippen LogP contribution in [0, 0.1) is 0 Å². The van der Waals surface area contributed by atoms with E-state index in [4.69, 9.17) is 11.6 Å². The molecule has 0 radical (unpaired) electrons. The van der Waals surface area contributed by atoms with Crippen molar-refractivity contribution < 1.29 is 0 Å². The van der Waals surface area contributed by atoms with E-state index in [0.29, 0.717) is 4.71 Å². The van der Waals surface area contributed by atoms with Crippen molar-refractivity contribution in [3.63, 3.8) is 0 Å². The predicted molar refractivity (Wildman–Crippen MR) is 42.7 cm³/mol. The van der Waals surface area contributed by atoms with Gasteiger partial charge in [0.1, 0.15) is 0 Å². The summed E-state index contributed by atoms with van der Waals surface area (Å²) in [6.45, 7) is 4.29. The molecule has 0 fully saturated rings. The van der Waals surface area contributed by atoms with Crippen molar-refractivity contribution in [2.45, 2.75) is 31.4 Å². The molecule has 0 rings (SSSR count). The monoisotopic (exact) mass is 152 g/mol. The van der Waals surface area contributed by atoms with Gasteiger partial charge in [-0.25, -0.2) is 0 Å². The molecule has 1 atom stereocenters. The summed E-state index contributed by atoms with van der Waals surface area (Å²) in [5.74, 6) is 1.13. The summed E-state index contributed by atoms with van der Waals surface area (Å²) < 4.78 is 0.352. The first-order valence-electron chi connectivity index (χ1n) is 3.07. The summed E-state index contributed by atoms with van der Waals surface area (Å²) in [5.41, 5.74) is 0. The van der Waals surface area contributed by atoms with Gasteiger partial charge in [-0.3, -0.25) is 0 Å². The van der Waals surface area contributed by atoms with Crippen LogP contribution in [0.1, 0.15) is 26.7 Å². The second kappa shape index (κ2) is 5.77. The number of hydrogen-bond donors (Lipinski definition) is 0. The van der Waals surface area contributed by atoms with Gasteiger partial charge in [-0.2, -0.15) is 0 Å². The number of halogens is 1. The lowest BCUT2D eigenvalue weighted by molar-refractivity contribution is 0.865. The van der Waals surface area contributed by atoms with E-state index in [0.717, 1.165) is 12.2 Å². The molecule has 0 saturated heterocycles. The Balaban J connectivity index is 2.92. The van der Waals surface area contributed by atoms with Crippen molar-refractivity contribution in [3.05, 3.63) is 0 Å². The highest BCUT2D eigenvalue weighted by Gasteiger charge is 1.98. The largest absolute Gasteiger partial charge is 0.143 e. The van der Waals surface area contributed by atoms with E-state index in [9.17, 15) is 0 Å². The molecule has 0 saturated carbocycles. The van der Waals surface area contributed by atoms with Gasteiger partial charge in [0.05, 0.1) is 4.71 Å². The molecular formula is C6H13ClS. The van der Waals surface area contributed by atoms with Crippen LogP contribution in [0.4, 0.5) is 0 Å². The highest BCUT2D eigenvalue weighted by atomic mass is 35.5. The zero-order chi connectivity index (χ0) is 6.41. The van der Waals surface area contributed by atoms with E-state index < -0.39 is 0 Å². The Morgan fingerprint density at radius 3 is 2.50 bits per heavy atom. The Morgan fingerprint density at radius 2 is 2.12 bits per heavy atom. The maximum absolute atomic E-state index is 5.84. The van der Waals surface area contributed by atoms with Gasteiger partial charge >= 0.3 is 0 Å². The lowest BCUT2D eigenvalue weighted by atomic mass is 10.4. The van der Waals surface area contributed by atoms with Crippen LogP contribution in [0.3, 0.4) is 0 Å². The van der Waals surface area contributed by atoms with Crippen molar-refractivity contribution in [1.29, 1.82) is 0 Å². The van der Waals surface area contributed by atoms with Gasteiger partial charge in [0.15, 0.2) is 0 Å². The number of rotatable bonds is 4. The first kappa shape index (κ1) is 8.64. The minimum Gasteiger partial charge on any atom is -0.143 e. The normalized spacial score (nSPS) is 13.9. The minimum atomic E-state index is 0.352. The molecule has 0 spiro atoms. The summed E-state index contributed by atoms with van der Waals surface area (Å²) in [5, 5.41) is 0. The third kappa shape index (κ3) is 4.79. The van der Waals surface area contributed by atoms with Crippen LogP contribution in [-0.4, -0.2) is 10.5 Å². The molecule has 0 aliphatic heterocycles. The zero-order valence-electron chi connectivity index (χ0n) is 5.48. The first-order chi connectivity index (χ1) is 3.81. The molecule has 0 aromatic heterocycles. The number of alkyl halides is 1. The van der Waals surface area contributed by atoms with Gasteiger partial charge < -0.3 is 0 Å². The van der Waals surface area contributed by atoms with Gasteiger partial charge in [0.2, 0.25) is 0 Å². The molecule has 0 bridgehead atoms. The van der Waals surface area contributed by atoms with E-state index in [2.05, 4.69) is 13.8 Å². The van der Waals surface area contributed by atoms with Crippen LogP contribution in [-0.2, 0) is 0 Å². The summed E-state index contributed by atoms with van der Waals surface area (Å²) in [4.78, 5) is 0. The van der Waals surface area contributed by atoms with Gasteiger partial charge in [-0.15, -0.1) is 23.4 Å². The minimum absolute atomic E-state index is 0.352. The van der Waals surface area contributed by atoms with Crippen molar-refractivity contribution in [3.8, 4) is 0 Å². The van der Waals surface area contributed by atoms with Gasteiger partial charge in [-0.1, -0.05) is 20.3 Å². The Bertz CT molecular complexity index is 41.8.